The molecule has 1 saturated heterocycles. The first-order valence-electron chi connectivity index (χ1n) is 7.46. The third-order valence-electron chi connectivity index (χ3n) is 4.02. The highest BCUT2D eigenvalue weighted by molar-refractivity contribution is 6.11. The predicted molar refractivity (Wildman–Crippen MR) is 91.5 cm³/mol. The molecule has 0 aromatic heterocycles. The van der Waals surface area contributed by atoms with Gasteiger partial charge >= 0.3 is 0 Å². The molecule has 0 aliphatic carbocycles. The van der Waals surface area contributed by atoms with Crippen molar-refractivity contribution in [1.29, 1.82) is 0 Å². The largest absolute Gasteiger partial charge is 0.308 e. The lowest BCUT2D eigenvalue weighted by molar-refractivity contribution is -0.114. The van der Waals surface area contributed by atoms with Gasteiger partial charge in [0.15, 0.2) is 0 Å². The maximum atomic E-state index is 12.8. The number of carbonyl (C=O) groups excluding carboxylic acids is 1. The van der Waals surface area contributed by atoms with Crippen molar-refractivity contribution in [3.05, 3.63) is 84.0 Å². The Balaban J connectivity index is 1.99. The van der Waals surface area contributed by atoms with E-state index in [1.165, 1.54) is 0 Å². The van der Waals surface area contributed by atoms with Crippen LogP contribution in [0.2, 0.25) is 0 Å². The zero-order valence-corrected chi connectivity index (χ0v) is 12.7. The van der Waals surface area contributed by atoms with Gasteiger partial charge in [-0.1, -0.05) is 60.7 Å². The molecule has 1 heterocycles. The molecule has 2 heteroatoms. The molecule has 0 bridgehead atoms. The van der Waals surface area contributed by atoms with Crippen LogP contribution in [-0.4, -0.2) is 12.5 Å². The van der Waals surface area contributed by atoms with Crippen LogP contribution in [0.1, 0.15) is 12.5 Å². The normalized spacial score (nSPS) is 19.7. The van der Waals surface area contributed by atoms with Crippen LogP contribution < -0.4 is 4.90 Å². The van der Waals surface area contributed by atoms with Gasteiger partial charge in [-0.15, -0.1) is 0 Å². The van der Waals surface area contributed by atoms with Crippen molar-refractivity contribution in [1.82, 2.24) is 0 Å². The Hall–Kier alpha value is -2.61. The van der Waals surface area contributed by atoms with Crippen molar-refractivity contribution >= 4 is 17.7 Å². The summed E-state index contributed by atoms with van der Waals surface area (Å²) in [5, 5.41) is 0. The van der Waals surface area contributed by atoms with E-state index in [-0.39, 0.29) is 11.8 Å². The van der Waals surface area contributed by atoms with Gasteiger partial charge in [0, 0.05) is 23.7 Å². The summed E-state index contributed by atoms with van der Waals surface area (Å²) >= 11 is 0. The van der Waals surface area contributed by atoms with Gasteiger partial charge in [-0.3, -0.25) is 4.79 Å². The zero-order chi connectivity index (χ0) is 15.5. The number of nitrogens with zero attached hydrogens (tertiary/aromatic N) is 1. The molecule has 0 spiro atoms. The first kappa shape index (κ1) is 14.3. The van der Waals surface area contributed by atoms with Crippen LogP contribution >= 0.6 is 0 Å². The summed E-state index contributed by atoms with van der Waals surface area (Å²) in [6.45, 7) is 6.73. The van der Waals surface area contributed by atoms with Crippen molar-refractivity contribution in [3.8, 4) is 0 Å². The summed E-state index contributed by atoms with van der Waals surface area (Å²) in [4.78, 5) is 14.7. The quantitative estimate of drug-likeness (QED) is 0.609. The molecule has 110 valence electrons. The zero-order valence-electron chi connectivity index (χ0n) is 12.7. The van der Waals surface area contributed by atoms with Gasteiger partial charge in [-0.25, -0.2) is 0 Å². The summed E-state index contributed by atoms with van der Waals surface area (Å²) in [5.41, 5.74) is 3.83. The molecule has 22 heavy (non-hydrogen) atoms. The highest BCUT2D eigenvalue weighted by Crippen LogP contribution is 2.33. The van der Waals surface area contributed by atoms with Gasteiger partial charge in [-0.2, -0.15) is 0 Å². The molecular weight excluding hydrogens is 270 g/mol. The van der Waals surface area contributed by atoms with Crippen molar-refractivity contribution < 1.29 is 4.79 Å². The molecule has 1 amide bonds. The molecule has 1 atom stereocenters. The molecule has 2 nitrogen and oxygen atoms in total. The molecule has 1 fully saturated rings. The third kappa shape index (κ3) is 2.73. The molecule has 2 aromatic carbocycles. The minimum Gasteiger partial charge on any atom is -0.308 e. The minimum atomic E-state index is 0.0723. The van der Waals surface area contributed by atoms with E-state index in [1.807, 2.05) is 78.6 Å². The van der Waals surface area contributed by atoms with Gasteiger partial charge in [-0.05, 0) is 30.7 Å². The average Bonchev–Trinajstić information content (AvgIpc) is 2.87. The number of hydrogen-bond acceptors (Lipinski definition) is 1. The highest BCUT2D eigenvalue weighted by Gasteiger charge is 2.36. The molecule has 2 aromatic rings. The Morgan fingerprint density at radius 3 is 2.27 bits per heavy atom. The van der Waals surface area contributed by atoms with Crippen LogP contribution in [0.4, 0.5) is 5.69 Å². The summed E-state index contributed by atoms with van der Waals surface area (Å²) < 4.78 is 0. The Kier molecular flexibility index (Phi) is 3.92. The van der Waals surface area contributed by atoms with E-state index in [2.05, 4.69) is 6.58 Å². The van der Waals surface area contributed by atoms with Gasteiger partial charge in [0.1, 0.15) is 0 Å². The van der Waals surface area contributed by atoms with Gasteiger partial charge in [0.05, 0.1) is 0 Å². The SMILES string of the molecule is C=C(C)C1CN(c2ccccc2)C(=O)/C1=C\c1ccccc1. The van der Waals surface area contributed by atoms with E-state index in [9.17, 15) is 4.79 Å². The van der Waals surface area contributed by atoms with Crippen LogP contribution in [0.15, 0.2) is 78.4 Å². The van der Waals surface area contributed by atoms with Gasteiger partial charge < -0.3 is 4.90 Å². The van der Waals surface area contributed by atoms with E-state index >= 15 is 0 Å². The molecule has 1 unspecified atom stereocenters. The molecule has 0 N–H and O–H groups in total. The molecule has 0 saturated carbocycles. The predicted octanol–water partition coefficient (Wildman–Crippen LogP) is 4.31. The number of benzene rings is 2. The van der Waals surface area contributed by atoms with Gasteiger partial charge in [0.2, 0.25) is 0 Å². The first-order valence-corrected chi connectivity index (χ1v) is 7.46. The molecule has 3 rings (SSSR count). The lowest BCUT2D eigenvalue weighted by Crippen LogP contribution is -2.24. The molecule has 1 aliphatic heterocycles. The third-order valence-corrected chi connectivity index (χ3v) is 4.02. The number of amides is 1. The lowest BCUT2D eigenvalue weighted by Gasteiger charge is -2.15. The number of para-hydroxylation sites is 1. The Morgan fingerprint density at radius 2 is 1.68 bits per heavy atom. The summed E-state index contributed by atoms with van der Waals surface area (Å²) in [7, 11) is 0. The fraction of sp³-hybridized carbons (Fsp3) is 0.150. The van der Waals surface area contributed by atoms with Crippen LogP contribution in [0, 0.1) is 5.92 Å². The van der Waals surface area contributed by atoms with Gasteiger partial charge in [0.25, 0.3) is 5.91 Å². The maximum Gasteiger partial charge on any atom is 0.254 e. The van der Waals surface area contributed by atoms with E-state index in [1.54, 1.807) is 0 Å². The van der Waals surface area contributed by atoms with Crippen LogP contribution in [0.3, 0.4) is 0 Å². The van der Waals surface area contributed by atoms with Crippen LogP contribution in [-0.2, 0) is 4.79 Å². The smallest absolute Gasteiger partial charge is 0.254 e. The van der Waals surface area contributed by atoms with E-state index < -0.39 is 0 Å². The van der Waals surface area contributed by atoms with Crippen LogP contribution in [0.5, 0.6) is 0 Å². The van der Waals surface area contributed by atoms with E-state index in [0.717, 1.165) is 22.4 Å². The van der Waals surface area contributed by atoms with E-state index in [4.69, 9.17) is 0 Å². The average molecular weight is 289 g/mol. The second-order valence-corrected chi connectivity index (χ2v) is 5.66. The molecule has 0 radical (unpaired) electrons. The number of anilines is 1. The van der Waals surface area contributed by atoms with Crippen molar-refractivity contribution in [3.63, 3.8) is 0 Å². The van der Waals surface area contributed by atoms with Crippen LogP contribution in [0.25, 0.3) is 6.08 Å². The summed E-state index contributed by atoms with van der Waals surface area (Å²) in [6, 6.07) is 19.8. The van der Waals surface area contributed by atoms with E-state index in [0.29, 0.717) is 6.54 Å². The fourth-order valence-electron chi connectivity index (χ4n) is 2.81. The second kappa shape index (κ2) is 6.02. The Labute approximate surface area is 131 Å². The number of hydrogen-bond donors (Lipinski definition) is 0. The minimum absolute atomic E-state index is 0.0723. The highest BCUT2D eigenvalue weighted by atomic mass is 16.2. The number of carbonyl (C=O) groups is 1. The van der Waals surface area contributed by atoms with Crippen molar-refractivity contribution in [2.45, 2.75) is 6.92 Å². The summed E-state index contributed by atoms with van der Waals surface area (Å²) in [6.07, 6.45) is 1.99. The Morgan fingerprint density at radius 1 is 1.09 bits per heavy atom. The van der Waals surface area contributed by atoms with Crippen molar-refractivity contribution in [2.24, 2.45) is 5.92 Å². The topological polar surface area (TPSA) is 20.3 Å². The maximum absolute atomic E-state index is 12.8. The lowest BCUT2D eigenvalue weighted by atomic mass is 9.94. The monoisotopic (exact) mass is 289 g/mol. The van der Waals surface area contributed by atoms with Crippen molar-refractivity contribution in [2.75, 3.05) is 11.4 Å². The number of rotatable bonds is 3. The Bertz CT molecular complexity index is 716. The fourth-order valence-corrected chi connectivity index (χ4v) is 2.81. The second-order valence-electron chi connectivity index (χ2n) is 5.66. The summed E-state index contributed by atoms with van der Waals surface area (Å²) in [5.74, 6) is 0.149. The standard InChI is InChI=1S/C20H19NO/c1-15(2)19-14-21(17-11-7-4-8-12-17)20(22)18(19)13-16-9-5-3-6-10-16/h3-13,19H,1,14H2,2H3/b18-13-. The molecular formula is C20H19NO. The molecule has 1 aliphatic rings. The first-order chi connectivity index (χ1) is 10.7.